The topological polar surface area (TPSA) is 78.9 Å². The number of unbranched alkanes of at least 4 members (excludes halogenated alkanes) is 32. The van der Waals surface area contributed by atoms with Crippen molar-refractivity contribution < 1.29 is 28.6 Å². The number of carbonyl (C=O) groups is 3. The Morgan fingerprint density at radius 1 is 0.309 bits per heavy atom. The van der Waals surface area contributed by atoms with Gasteiger partial charge in [-0.15, -0.1) is 0 Å². The first-order chi connectivity index (χ1) is 33.5. The number of carbonyl (C=O) groups excluding carboxylic acids is 3. The molecular weight excluding hydrogens is 841 g/mol. The average Bonchev–Trinajstić information content (AvgIpc) is 3.34. The molecule has 0 amide bonds. The van der Waals surface area contributed by atoms with Crippen LogP contribution in [0.25, 0.3) is 0 Å². The zero-order valence-corrected chi connectivity index (χ0v) is 45.1. The molecule has 0 bridgehead atoms. The highest BCUT2D eigenvalue weighted by Crippen LogP contribution is 2.17. The van der Waals surface area contributed by atoms with E-state index < -0.39 is 6.10 Å². The Morgan fingerprint density at radius 2 is 0.588 bits per heavy atom. The molecule has 0 saturated carbocycles. The van der Waals surface area contributed by atoms with Crippen molar-refractivity contribution in [2.75, 3.05) is 13.2 Å². The van der Waals surface area contributed by atoms with Crippen LogP contribution in [0.15, 0.2) is 60.8 Å². The predicted octanol–water partition coefficient (Wildman–Crippen LogP) is 19.6. The molecule has 1 atom stereocenters. The van der Waals surface area contributed by atoms with Gasteiger partial charge in [-0.25, -0.2) is 0 Å². The standard InChI is InChI=1S/C62H110O6/c1-4-7-10-13-16-19-22-24-26-28-29-30-31-32-34-35-37-40-43-46-49-52-55-61(64)67-58-59(57-66-60(63)54-51-48-45-42-39-21-18-15-12-9-6-3)68-62(65)56-53-50-47-44-41-38-36-33-27-25-23-20-17-14-11-8-5-2/h8,11,15,17-18,20,25,27,36,38,59H,4-7,9-10,12-14,16,19,21-24,26,28-35,37,39-58H2,1-3H3/b11-8-,18-15-,20-17-,27-25-,38-36-. The Balaban J connectivity index is 4.30. The van der Waals surface area contributed by atoms with Crippen LogP contribution in [-0.2, 0) is 28.6 Å². The molecular formula is C62H110O6. The summed E-state index contributed by atoms with van der Waals surface area (Å²) in [6, 6.07) is 0. The molecule has 0 aromatic heterocycles. The van der Waals surface area contributed by atoms with Crippen molar-refractivity contribution in [2.24, 2.45) is 0 Å². The molecule has 6 nitrogen and oxygen atoms in total. The van der Waals surface area contributed by atoms with E-state index in [-0.39, 0.29) is 31.1 Å². The van der Waals surface area contributed by atoms with Crippen LogP contribution in [0.3, 0.4) is 0 Å². The van der Waals surface area contributed by atoms with Gasteiger partial charge in [-0.2, -0.15) is 0 Å². The number of rotatable bonds is 53. The predicted molar refractivity (Wildman–Crippen MR) is 293 cm³/mol. The second kappa shape index (κ2) is 56.7. The Hall–Kier alpha value is -2.89. The molecule has 0 aliphatic carbocycles. The fourth-order valence-electron chi connectivity index (χ4n) is 8.36. The van der Waals surface area contributed by atoms with Crippen molar-refractivity contribution in [3.05, 3.63) is 60.8 Å². The van der Waals surface area contributed by atoms with Gasteiger partial charge in [-0.05, 0) is 77.0 Å². The molecule has 0 rings (SSSR count). The molecule has 0 radical (unpaired) electrons. The summed E-state index contributed by atoms with van der Waals surface area (Å²) in [5, 5.41) is 0. The Morgan fingerprint density at radius 3 is 0.956 bits per heavy atom. The van der Waals surface area contributed by atoms with Crippen molar-refractivity contribution in [2.45, 2.75) is 303 Å². The molecule has 0 heterocycles. The van der Waals surface area contributed by atoms with Gasteiger partial charge in [0.2, 0.25) is 0 Å². The summed E-state index contributed by atoms with van der Waals surface area (Å²) < 4.78 is 16.8. The highest BCUT2D eigenvalue weighted by molar-refractivity contribution is 5.71. The van der Waals surface area contributed by atoms with E-state index in [2.05, 4.69) is 81.5 Å². The third-order valence-electron chi connectivity index (χ3n) is 12.8. The maximum absolute atomic E-state index is 12.8. The Kier molecular flexibility index (Phi) is 54.3. The molecule has 394 valence electrons. The number of hydrogen-bond acceptors (Lipinski definition) is 6. The minimum Gasteiger partial charge on any atom is -0.462 e. The highest BCUT2D eigenvalue weighted by Gasteiger charge is 2.19. The van der Waals surface area contributed by atoms with E-state index in [0.717, 1.165) is 103 Å². The first-order valence-corrected chi connectivity index (χ1v) is 29.3. The van der Waals surface area contributed by atoms with E-state index >= 15 is 0 Å². The van der Waals surface area contributed by atoms with E-state index in [9.17, 15) is 14.4 Å². The third-order valence-corrected chi connectivity index (χ3v) is 12.8. The summed E-state index contributed by atoms with van der Waals surface area (Å²) in [5.41, 5.74) is 0. The van der Waals surface area contributed by atoms with Crippen LogP contribution in [0.4, 0.5) is 0 Å². The monoisotopic (exact) mass is 951 g/mol. The van der Waals surface area contributed by atoms with Crippen molar-refractivity contribution in [3.8, 4) is 0 Å². The molecule has 0 spiro atoms. The second-order valence-electron chi connectivity index (χ2n) is 19.5. The van der Waals surface area contributed by atoms with Crippen LogP contribution in [-0.4, -0.2) is 37.2 Å². The van der Waals surface area contributed by atoms with Crippen molar-refractivity contribution >= 4 is 17.9 Å². The normalized spacial score (nSPS) is 12.5. The minimum atomic E-state index is -0.788. The van der Waals surface area contributed by atoms with Crippen LogP contribution in [0.2, 0.25) is 0 Å². The van der Waals surface area contributed by atoms with Crippen molar-refractivity contribution in [1.29, 1.82) is 0 Å². The summed E-state index contributed by atoms with van der Waals surface area (Å²) in [7, 11) is 0. The van der Waals surface area contributed by atoms with Crippen LogP contribution in [0, 0.1) is 0 Å². The molecule has 0 aromatic carbocycles. The Labute approximate surface area is 421 Å². The summed E-state index contributed by atoms with van der Waals surface area (Å²) in [6.45, 7) is 6.49. The second-order valence-corrected chi connectivity index (χ2v) is 19.5. The summed E-state index contributed by atoms with van der Waals surface area (Å²) in [5.74, 6) is -0.907. The summed E-state index contributed by atoms with van der Waals surface area (Å²) in [6.07, 6.45) is 70.8. The molecule has 1 unspecified atom stereocenters. The van der Waals surface area contributed by atoms with Crippen molar-refractivity contribution in [3.63, 3.8) is 0 Å². The zero-order valence-electron chi connectivity index (χ0n) is 45.1. The van der Waals surface area contributed by atoms with Gasteiger partial charge in [0, 0.05) is 19.3 Å². The number of hydrogen-bond donors (Lipinski definition) is 0. The SMILES string of the molecule is CC/C=C\C/C=C\C/C=C\C/C=C\CCCCCCC(=O)OC(COC(=O)CCCCCCC/C=C\CCCC)COC(=O)CCCCCCCCCCCCCCCCCCCCCCCC. The molecule has 0 saturated heterocycles. The molecule has 6 heteroatoms. The van der Waals surface area contributed by atoms with E-state index in [1.807, 2.05) is 0 Å². The molecule has 68 heavy (non-hydrogen) atoms. The van der Waals surface area contributed by atoms with Gasteiger partial charge in [0.25, 0.3) is 0 Å². The number of allylic oxidation sites excluding steroid dienone is 10. The van der Waals surface area contributed by atoms with Gasteiger partial charge in [-0.3, -0.25) is 14.4 Å². The lowest BCUT2D eigenvalue weighted by Crippen LogP contribution is -2.30. The number of ether oxygens (including phenoxy) is 3. The highest BCUT2D eigenvalue weighted by atomic mass is 16.6. The summed E-state index contributed by atoms with van der Waals surface area (Å²) >= 11 is 0. The fraction of sp³-hybridized carbons (Fsp3) is 0.790. The molecule has 0 aliphatic heterocycles. The van der Waals surface area contributed by atoms with Gasteiger partial charge in [0.05, 0.1) is 0 Å². The lowest BCUT2D eigenvalue weighted by molar-refractivity contribution is -0.167. The minimum absolute atomic E-state index is 0.0844. The first kappa shape index (κ1) is 65.1. The molecule has 0 aliphatic rings. The fourth-order valence-corrected chi connectivity index (χ4v) is 8.36. The van der Waals surface area contributed by atoms with Crippen LogP contribution in [0.5, 0.6) is 0 Å². The quantitative estimate of drug-likeness (QED) is 0.0262. The van der Waals surface area contributed by atoms with Gasteiger partial charge in [0.15, 0.2) is 6.10 Å². The molecule has 0 aromatic rings. The van der Waals surface area contributed by atoms with Gasteiger partial charge < -0.3 is 14.2 Å². The van der Waals surface area contributed by atoms with Crippen molar-refractivity contribution in [1.82, 2.24) is 0 Å². The number of esters is 3. The summed E-state index contributed by atoms with van der Waals surface area (Å²) in [4.78, 5) is 38.1. The maximum atomic E-state index is 12.8. The molecule has 0 fully saturated rings. The van der Waals surface area contributed by atoms with Gasteiger partial charge in [0.1, 0.15) is 13.2 Å². The van der Waals surface area contributed by atoms with Crippen LogP contribution >= 0.6 is 0 Å². The third kappa shape index (κ3) is 54.1. The smallest absolute Gasteiger partial charge is 0.306 e. The zero-order chi connectivity index (χ0) is 49.3. The Bertz CT molecular complexity index is 1230. The molecule has 0 N–H and O–H groups in total. The lowest BCUT2D eigenvalue weighted by atomic mass is 10.0. The van der Waals surface area contributed by atoms with Crippen LogP contribution in [0.1, 0.15) is 297 Å². The van der Waals surface area contributed by atoms with Gasteiger partial charge >= 0.3 is 17.9 Å². The van der Waals surface area contributed by atoms with E-state index in [4.69, 9.17) is 14.2 Å². The first-order valence-electron chi connectivity index (χ1n) is 29.3. The van der Waals surface area contributed by atoms with E-state index in [0.29, 0.717) is 19.3 Å². The lowest BCUT2D eigenvalue weighted by Gasteiger charge is -2.18. The van der Waals surface area contributed by atoms with E-state index in [1.165, 1.54) is 154 Å². The van der Waals surface area contributed by atoms with Gasteiger partial charge in [-0.1, -0.05) is 261 Å². The van der Waals surface area contributed by atoms with E-state index in [1.54, 1.807) is 0 Å². The maximum Gasteiger partial charge on any atom is 0.306 e. The largest absolute Gasteiger partial charge is 0.462 e. The average molecular weight is 952 g/mol. The van der Waals surface area contributed by atoms with Crippen LogP contribution < -0.4 is 0 Å².